The van der Waals surface area contributed by atoms with E-state index in [1.165, 1.54) is 13.8 Å². The van der Waals surface area contributed by atoms with E-state index in [0.29, 0.717) is 0 Å². The second kappa shape index (κ2) is 8.08. The van der Waals surface area contributed by atoms with Crippen LogP contribution in [0.5, 0.6) is 0 Å². The van der Waals surface area contributed by atoms with Gasteiger partial charge in [-0.1, -0.05) is 0 Å². The maximum absolute atomic E-state index is 10.9. The van der Waals surface area contributed by atoms with Gasteiger partial charge < -0.3 is 14.2 Å². The summed E-state index contributed by atoms with van der Waals surface area (Å²) in [6, 6.07) is 3.25. The molecular formula is C10H12N2O5. The maximum atomic E-state index is 10.9. The quantitative estimate of drug-likeness (QED) is 0.494. The Kier molecular flexibility index (Phi) is 7.07. The zero-order chi connectivity index (χ0) is 13.3. The van der Waals surface area contributed by atoms with Crippen LogP contribution in [0.2, 0.25) is 0 Å². The first-order chi connectivity index (χ1) is 7.99. The Bertz CT molecular complexity index is 321. The van der Waals surface area contributed by atoms with E-state index in [1.54, 1.807) is 12.1 Å². The van der Waals surface area contributed by atoms with Crippen LogP contribution in [0.4, 0.5) is 0 Å². The molecule has 0 aromatic heterocycles. The third-order valence-electron chi connectivity index (χ3n) is 1.42. The number of carbonyl (C=O) groups excluding carboxylic acids is 2. The SMILES string of the molecule is CC(OC(=O)CC#N)OC(C)OC(=O)CC#N. The first kappa shape index (κ1) is 14.9. The van der Waals surface area contributed by atoms with Crippen molar-refractivity contribution < 1.29 is 23.8 Å². The van der Waals surface area contributed by atoms with Crippen LogP contribution in [-0.4, -0.2) is 24.5 Å². The van der Waals surface area contributed by atoms with Crippen LogP contribution in [-0.2, 0) is 23.8 Å². The Labute approximate surface area is 98.5 Å². The molecule has 0 aliphatic rings. The van der Waals surface area contributed by atoms with Crippen molar-refractivity contribution in [2.24, 2.45) is 0 Å². The fraction of sp³-hybridized carbons (Fsp3) is 0.600. The molecule has 2 atom stereocenters. The average molecular weight is 240 g/mol. The summed E-state index contributed by atoms with van der Waals surface area (Å²) < 4.78 is 14.3. The topological polar surface area (TPSA) is 109 Å². The summed E-state index contributed by atoms with van der Waals surface area (Å²) in [4.78, 5) is 21.8. The molecule has 92 valence electrons. The van der Waals surface area contributed by atoms with Crippen molar-refractivity contribution >= 4 is 11.9 Å². The Morgan fingerprint density at radius 3 is 1.65 bits per heavy atom. The van der Waals surface area contributed by atoms with Gasteiger partial charge in [-0.3, -0.25) is 9.59 Å². The van der Waals surface area contributed by atoms with Gasteiger partial charge in [-0.05, 0) is 13.8 Å². The van der Waals surface area contributed by atoms with Crippen molar-refractivity contribution in [1.29, 1.82) is 10.5 Å². The Morgan fingerprint density at radius 1 is 1.00 bits per heavy atom. The van der Waals surface area contributed by atoms with Crippen LogP contribution in [0, 0.1) is 22.7 Å². The van der Waals surface area contributed by atoms with Crippen LogP contribution in [0.15, 0.2) is 0 Å². The average Bonchev–Trinajstić information content (AvgIpc) is 2.16. The highest BCUT2D eigenvalue weighted by Crippen LogP contribution is 2.04. The van der Waals surface area contributed by atoms with E-state index in [4.69, 9.17) is 15.3 Å². The van der Waals surface area contributed by atoms with Crippen molar-refractivity contribution in [3.63, 3.8) is 0 Å². The number of hydrogen-bond donors (Lipinski definition) is 0. The maximum Gasteiger partial charge on any atom is 0.322 e. The molecule has 0 bridgehead atoms. The third kappa shape index (κ3) is 7.77. The lowest BCUT2D eigenvalue weighted by molar-refractivity contribution is -0.226. The molecule has 0 saturated carbocycles. The third-order valence-corrected chi connectivity index (χ3v) is 1.42. The lowest BCUT2D eigenvalue weighted by atomic mass is 10.5. The predicted octanol–water partition coefficient (Wildman–Crippen LogP) is 0.609. The largest absolute Gasteiger partial charge is 0.435 e. The summed E-state index contributed by atoms with van der Waals surface area (Å²) in [6.07, 6.45) is -2.64. The summed E-state index contributed by atoms with van der Waals surface area (Å²) in [5, 5.41) is 16.4. The first-order valence-electron chi connectivity index (χ1n) is 4.78. The van der Waals surface area contributed by atoms with Gasteiger partial charge in [0, 0.05) is 0 Å². The molecule has 2 unspecified atom stereocenters. The molecule has 0 aliphatic carbocycles. The van der Waals surface area contributed by atoms with Crippen molar-refractivity contribution in [1.82, 2.24) is 0 Å². The molecule has 17 heavy (non-hydrogen) atoms. The number of nitriles is 2. The number of carbonyl (C=O) groups is 2. The second-order valence-corrected chi connectivity index (χ2v) is 2.92. The Morgan fingerprint density at radius 2 is 1.35 bits per heavy atom. The zero-order valence-corrected chi connectivity index (χ0v) is 9.50. The summed E-state index contributed by atoms with van der Waals surface area (Å²) in [6.45, 7) is 2.84. The molecule has 0 aromatic rings. The van der Waals surface area contributed by atoms with Crippen molar-refractivity contribution in [3.8, 4) is 12.1 Å². The van der Waals surface area contributed by atoms with Gasteiger partial charge in [-0.15, -0.1) is 0 Å². The van der Waals surface area contributed by atoms with Crippen LogP contribution in [0.25, 0.3) is 0 Å². The van der Waals surface area contributed by atoms with Gasteiger partial charge in [0.1, 0.15) is 12.8 Å². The van der Waals surface area contributed by atoms with E-state index in [-0.39, 0.29) is 12.8 Å². The van der Waals surface area contributed by atoms with Crippen LogP contribution >= 0.6 is 0 Å². The van der Waals surface area contributed by atoms with Crippen molar-refractivity contribution in [2.75, 3.05) is 0 Å². The molecule has 0 radical (unpaired) electrons. The molecule has 0 amide bonds. The molecule has 0 heterocycles. The Balaban J connectivity index is 3.92. The zero-order valence-electron chi connectivity index (χ0n) is 9.50. The van der Waals surface area contributed by atoms with Crippen LogP contribution < -0.4 is 0 Å². The molecule has 0 saturated heterocycles. The molecular weight excluding hydrogens is 228 g/mol. The smallest absolute Gasteiger partial charge is 0.322 e. The van der Waals surface area contributed by atoms with Crippen molar-refractivity contribution in [3.05, 3.63) is 0 Å². The van der Waals surface area contributed by atoms with Gasteiger partial charge in [-0.25, -0.2) is 0 Å². The highest BCUT2D eigenvalue weighted by Gasteiger charge is 2.15. The minimum atomic E-state index is -0.944. The van der Waals surface area contributed by atoms with Gasteiger partial charge in [0.05, 0.1) is 12.1 Å². The Hall–Kier alpha value is -2.12. The predicted molar refractivity (Wildman–Crippen MR) is 52.7 cm³/mol. The van der Waals surface area contributed by atoms with Gasteiger partial charge in [-0.2, -0.15) is 10.5 Å². The highest BCUT2D eigenvalue weighted by atomic mass is 16.8. The van der Waals surface area contributed by atoms with Crippen LogP contribution in [0.1, 0.15) is 26.7 Å². The van der Waals surface area contributed by atoms with E-state index >= 15 is 0 Å². The number of ether oxygens (including phenoxy) is 3. The van der Waals surface area contributed by atoms with E-state index in [2.05, 4.69) is 9.47 Å². The summed E-state index contributed by atoms with van der Waals surface area (Å²) in [5.74, 6) is -1.45. The molecule has 0 fully saturated rings. The van der Waals surface area contributed by atoms with Crippen LogP contribution in [0.3, 0.4) is 0 Å². The standard InChI is InChI=1S/C10H12N2O5/c1-7(16-9(13)3-5-11)15-8(2)17-10(14)4-6-12/h7-8H,3-4H2,1-2H3. The fourth-order valence-electron chi connectivity index (χ4n) is 0.908. The summed E-state index contributed by atoms with van der Waals surface area (Å²) in [5.41, 5.74) is 0. The van der Waals surface area contributed by atoms with Gasteiger partial charge >= 0.3 is 11.9 Å². The summed E-state index contributed by atoms with van der Waals surface area (Å²) in [7, 11) is 0. The number of hydrogen-bond acceptors (Lipinski definition) is 7. The fourth-order valence-corrected chi connectivity index (χ4v) is 0.908. The van der Waals surface area contributed by atoms with Crippen molar-refractivity contribution in [2.45, 2.75) is 39.3 Å². The van der Waals surface area contributed by atoms with E-state index in [1.807, 2.05) is 0 Å². The van der Waals surface area contributed by atoms with Gasteiger partial charge in [0.25, 0.3) is 0 Å². The van der Waals surface area contributed by atoms with E-state index in [0.717, 1.165) is 0 Å². The number of nitrogens with zero attached hydrogens (tertiary/aromatic N) is 2. The molecule has 0 N–H and O–H groups in total. The van der Waals surface area contributed by atoms with E-state index < -0.39 is 24.5 Å². The molecule has 0 spiro atoms. The lowest BCUT2D eigenvalue weighted by Gasteiger charge is -2.18. The normalized spacial score (nSPS) is 12.7. The first-order valence-corrected chi connectivity index (χ1v) is 4.78. The van der Waals surface area contributed by atoms with Gasteiger partial charge in [0.2, 0.25) is 12.6 Å². The van der Waals surface area contributed by atoms with Gasteiger partial charge in [0.15, 0.2) is 0 Å². The minimum absolute atomic E-state index is 0.379. The summed E-state index contributed by atoms with van der Waals surface area (Å²) >= 11 is 0. The molecule has 7 heteroatoms. The number of esters is 2. The minimum Gasteiger partial charge on any atom is -0.435 e. The molecule has 0 aliphatic heterocycles. The molecule has 0 aromatic carbocycles. The highest BCUT2D eigenvalue weighted by molar-refractivity contribution is 5.72. The van der Waals surface area contributed by atoms with E-state index in [9.17, 15) is 9.59 Å². The number of rotatable bonds is 6. The second-order valence-electron chi connectivity index (χ2n) is 2.92. The monoisotopic (exact) mass is 240 g/mol. The lowest BCUT2D eigenvalue weighted by Crippen LogP contribution is -2.26. The molecule has 7 nitrogen and oxygen atoms in total. The molecule has 0 rings (SSSR count).